The third kappa shape index (κ3) is 7.43. The fraction of sp³-hybridized carbons (Fsp3) is 0.938. The van der Waals surface area contributed by atoms with E-state index in [9.17, 15) is 8.42 Å². The number of aliphatic imine (C=N–C) groups is 1. The molecular formula is C16H34IN3O3S. The van der Waals surface area contributed by atoms with Crippen LogP contribution in [0.5, 0.6) is 0 Å². The van der Waals surface area contributed by atoms with Gasteiger partial charge in [-0.2, -0.15) is 0 Å². The van der Waals surface area contributed by atoms with Gasteiger partial charge in [-0.25, -0.2) is 8.42 Å². The van der Waals surface area contributed by atoms with Crippen molar-refractivity contribution in [2.24, 2.45) is 10.9 Å². The van der Waals surface area contributed by atoms with Gasteiger partial charge in [-0.05, 0) is 38.5 Å². The van der Waals surface area contributed by atoms with Gasteiger partial charge in [0.2, 0.25) is 0 Å². The zero-order valence-corrected chi connectivity index (χ0v) is 18.7. The molecule has 0 aromatic carbocycles. The summed E-state index contributed by atoms with van der Waals surface area (Å²) in [5.74, 6) is 1.33. The van der Waals surface area contributed by atoms with E-state index >= 15 is 0 Å². The summed E-state index contributed by atoms with van der Waals surface area (Å²) in [6.07, 6.45) is 4.58. The Morgan fingerprint density at radius 2 is 1.79 bits per heavy atom. The van der Waals surface area contributed by atoms with Crippen LogP contribution in [0.2, 0.25) is 0 Å². The highest BCUT2D eigenvalue weighted by molar-refractivity contribution is 14.0. The Labute approximate surface area is 164 Å². The molecule has 0 saturated carbocycles. The van der Waals surface area contributed by atoms with Crippen LogP contribution in [0.25, 0.3) is 0 Å². The molecule has 0 aliphatic carbocycles. The maximum absolute atomic E-state index is 12.3. The maximum atomic E-state index is 12.3. The Hall–Kier alpha value is -0.0900. The highest BCUT2D eigenvalue weighted by Crippen LogP contribution is 2.28. The van der Waals surface area contributed by atoms with E-state index in [-0.39, 0.29) is 24.0 Å². The van der Waals surface area contributed by atoms with Crippen molar-refractivity contribution in [3.05, 3.63) is 0 Å². The van der Waals surface area contributed by atoms with E-state index in [0.717, 1.165) is 12.8 Å². The molecule has 8 heteroatoms. The van der Waals surface area contributed by atoms with Gasteiger partial charge in [-0.15, -0.1) is 24.0 Å². The zero-order chi connectivity index (χ0) is 17.5. The van der Waals surface area contributed by atoms with Gasteiger partial charge in [-0.3, -0.25) is 4.99 Å². The third-order valence-electron chi connectivity index (χ3n) is 4.55. The SMILES string of the molecule is CN=C(NCC1(S(C)(=O)=O)CCOCC1)NC(C)CCC(C)C.I. The summed E-state index contributed by atoms with van der Waals surface area (Å²) >= 11 is 0. The van der Waals surface area contributed by atoms with Crippen LogP contribution in [0.1, 0.15) is 46.5 Å². The molecule has 0 aromatic rings. The van der Waals surface area contributed by atoms with E-state index in [1.807, 2.05) is 0 Å². The summed E-state index contributed by atoms with van der Waals surface area (Å²) in [5.41, 5.74) is 0. The van der Waals surface area contributed by atoms with Gasteiger partial charge in [0.25, 0.3) is 0 Å². The van der Waals surface area contributed by atoms with E-state index in [1.165, 1.54) is 6.26 Å². The van der Waals surface area contributed by atoms with Crippen LogP contribution in [0.4, 0.5) is 0 Å². The van der Waals surface area contributed by atoms with Crippen molar-refractivity contribution in [2.45, 2.75) is 57.2 Å². The number of nitrogens with zero attached hydrogens (tertiary/aromatic N) is 1. The topological polar surface area (TPSA) is 79.8 Å². The smallest absolute Gasteiger partial charge is 0.191 e. The van der Waals surface area contributed by atoms with Crippen LogP contribution < -0.4 is 10.6 Å². The van der Waals surface area contributed by atoms with Gasteiger partial charge in [0.15, 0.2) is 15.8 Å². The second-order valence-corrected chi connectivity index (χ2v) is 9.42. The molecule has 1 saturated heterocycles. The van der Waals surface area contributed by atoms with Crippen LogP contribution in [-0.4, -0.2) is 58.2 Å². The van der Waals surface area contributed by atoms with Crippen molar-refractivity contribution in [2.75, 3.05) is 33.1 Å². The van der Waals surface area contributed by atoms with Crippen LogP contribution in [0, 0.1) is 5.92 Å². The van der Waals surface area contributed by atoms with Gasteiger partial charge in [-0.1, -0.05) is 13.8 Å². The van der Waals surface area contributed by atoms with Crippen molar-refractivity contribution in [1.29, 1.82) is 0 Å². The van der Waals surface area contributed by atoms with E-state index in [4.69, 9.17) is 4.74 Å². The van der Waals surface area contributed by atoms with E-state index in [1.54, 1.807) is 7.05 Å². The lowest BCUT2D eigenvalue weighted by atomic mass is 9.99. The van der Waals surface area contributed by atoms with Crippen molar-refractivity contribution in [3.8, 4) is 0 Å². The number of halogens is 1. The molecular weight excluding hydrogens is 441 g/mol. The molecule has 6 nitrogen and oxygen atoms in total. The Morgan fingerprint density at radius 1 is 1.21 bits per heavy atom. The van der Waals surface area contributed by atoms with Crippen molar-refractivity contribution in [3.63, 3.8) is 0 Å². The molecule has 0 aromatic heterocycles. The summed E-state index contributed by atoms with van der Waals surface area (Å²) in [4.78, 5) is 4.22. The minimum Gasteiger partial charge on any atom is -0.381 e. The third-order valence-corrected chi connectivity index (χ3v) is 6.68. The number of nitrogens with one attached hydrogen (secondary N) is 2. The minimum absolute atomic E-state index is 0. The lowest BCUT2D eigenvalue weighted by Gasteiger charge is -2.36. The van der Waals surface area contributed by atoms with Crippen molar-refractivity contribution in [1.82, 2.24) is 10.6 Å². The van der Waals surface area contributed by atoms with Gasteiger partial charge >= 0.3 is 0 Å². The lowest BCUT2D eigenvalue weighted by Crippen LogP contribution is -2.54. The number of guanidine groups is 1. The molecule has 1 rings (SSSR count). The molecule has 0 radical (unpaired) electrons. The monoisotopic (exact) mass is 475 g/mol. The Kier molecular flexibility index (Phi) is 10.8. The van der Waals surface area contributed by atoms with Gasteiger partial charge in [0.1, 0.15) is 0 Å². The van der Waals surface area contributed by atoms with E-state index in [2.05, 4.69) is 36.4 Å². The predicted octanol–water partition coefficient (Wildman–Crippen LogP) is 2.19. The first-order valence-electron chi connectivity index (χ1n) is 8.45. The van der Waals surface area contributed by atoms with Crippen LogP contribution >= 0.6 is 24.0 Å². The Bertz CT molecular complexity index is 489. The average molecular weight is 475 g/mol. The first kappa shape index (κ1) is 23.9. The second kappa shape index (κ2) is 10.8. The molecule has 1 atom stereocenters. The molecule has 0 bridgehead atoms. The molecule has 1 aliphatic rings. The fourth-order valence-corrected chi connectivity index (χ4v) is 3.99. The van der Waals surface area contributed by atoms with Crippen LogP contribution in [-0.2, 0) is 14.6 Å². The first-order chi connectivity index (χ1) is 10.7. The second-order valence-electron chi connectivity index (χ2n) is 7.01. The summed E-state index contributed by atoms with van der Waals surface area (Å²) in [7, 11) is -1.46. The highest BCUT2D eigenvalue weighted by atomic mass is 127. The highest BCUT2D eigenvalue weighted by Gasteiger charge is 2.42. The molecule has 24 heavy (non-hydrogen) atoms. The Balaban J connectivity index is 0.00000529. The normalized spacial score (nSPS) is 19.5. The standard InChI is InChI=1S/C16H33N3O3S.HI/c1-13(2)6-7-14(3)19-15(17-4)18-12-16(23(5,20)21)8-10-22-11-9-16;/h13-14H,6-12H2,1-5H3,(H2,17,18,19);1H. The quantitative estimate of drug-likeness (QED) is 0.335. The summed E-state index contributed by atoms with van der Waals surface area (Å²) in [6.45, 7) is 7.89. The van der Waals surface area contributed by atoms with Gasteiger partial charge in [0, 0.05) is 39.1 Å². The molecule has 1 aliphatic heterocycles. The predicted molar refractivity (Wildman–Crippen MR) is 111 cm³/mol. The zero-order valence-electron chi connectivity index (χ0n) is 15.6. The summed E-state index contributed by atoms with van der Waals surface area (Å²) < 4.78 is 29.1. The summed E-state index contributed by atoms with van der Waals surface area (Å²) in [6, 6.07) is 0.299. The molecule has 2 N–H and O–H groups in total. The molecule has 1 unspecified atom stereocenters. The first-order valence-corrected chi connectivity index (χ1v) is 10.3. The average Bonchev–Trinajstić information content (AvgIpc) is 2.49. The van der Waals surface area contributed by atoms with E-state index < -0.39 is 14.6 Å². The lowest BCUT2D eigenvalue weighted by molar-refractivity contribution is 0.0756. The van der Waals surface area contributed by atoms with Crippen LogP contribution in [0.3, 0.4) is 0 Å². The molecule has 0 spiro atoms. The van der Waals surface area contributed by atoms with Crippen molar-refractivity contribution >= 4 is 39.8 Å². The molecule has 1 heterocycles. The molecule has 144 valence electrons. The number of ether oxygens (including phenoxy) is 1. The number of hydrogen-bond donors (Lipinski definition) is 2. The Morgan fingerprint density at radius 3 is 2.25 bits per heavy atom. The molecule has 0 amide bonds. The fourth-order valence-electron chi connectivity index (χ4n) is 2.75. The summed E-state index contributed by atoms with van der Waals surface area (Å²) in [5, 5.41) is 6.55. The minimum atomic E-state index is -3.17. The largest absolute Gasteiger partial charge is 0.381 e. The number of sulfone groups is 1. The number of rotatable bonds is 7. The van der Waals surface area contributed by atoms with E-state index in [0.29, 0.717) is 50.5 Å². The number of hydrogen-bond acceptors (Lipinski definition) is 4. The maximum Gasteiger partial charge on any atom is 0.191 e. The van der Waals surface area contributed by atoms with Gasteiger partial charge < -0.3 is 15.4 Å². The van der Waals surface area contributed by atoms with Gasteiger partial charge in [0.05, 0.1) is 4.75 Å². The van der Waals surface area contributed by atoms with Crippen LogP contribution in [0.15, 0.2) is 4.99 Å². The molecule has 1 fully saturated rings. The van der Waals surface area contributed by atoms with Crippen molar-refractivity contribution < 1.29 is 13.2 Å².